The molecule has 4 rings (SSSR count). The third-order valence-corrected chi connectivity index (χ3v) is 5.70. The fourth-order valence-corrected chi connectivity index (χ4v) is 4.23. The maximum Gasteiger partial charge on any atom is 0.126 e. The Kier molecular flexibility index (Phi) is 5.28. The first-order valence-corrected chi connectivity index (χ1v) is 9.97. The molecule has 0 saturated heterocycles. The number of nitrogens with zero attached hydrogens (tertiary/aromatic N) is 3. The Bertz CT molecular complexity index is 997. The summed E-state index contributed by atoms with van der Waals surface area (Å²) in [6.07, 6.45) is 5.82. The summed E-state index contributed by atoms with van der Waals surface area (Å²) in [7, 11) is 2.01. The number of amidine groups is 2. The van der Waals surface area contributed by atoms with E-state index in [1.165, 1.54) is 23.9 Å². The topological polar surface area (TPSA) is 67.1 Å². The summed E-state index contributed by atoms with van der Waals surface area (Å²) in [5.41, 5.74) is 4.99. The van der Waals surface area contributed by atoms with Crippen molar-refractivity contribution in [2.75, 3.05) is 18.5 Å². The quantitative estimate of drug-likeness (QED) is 0.580. The van der Waals surface area contributed by atoms with E-state index >= 15 is 0 Å². The van der Waals surface area contributed by atoms with Gasteiger partial charge in [0, 0.05) is 18.7 Å². The van der Waals surface area contributed by atoms with Crippen molar-refractivity contribution < 1.29 is 4.39 Å². The van der Waals surface area contributed by atoms with Gasteiger partial charge in [0.05, 0.1) is 17.9 Å². The fourth-order valence-electron chi connectivity index (χ4n) is 4.23. The van der Waals surface area contributed by atoms with E-state index in [0.29, 0.717) is 30.3 Å². The van der Waals surface area contributed by atoms with Gasteiger partial charge in [0.15, 0.2) is 0 Å². The third kappa shape index (κ3) is 3.98. The molecule has 2 N–H and O–H groups in total. The average molecular weight is 391 g/mol. The highest BCUT2D eigenvalue weighted by atomic mass is 19.1. The molecule has 0 radical (unpaired) electrons. The maximum absolute atomic E-state index is 13.5. The van der Waals surface area contributed by atoms with Crippen LogP contribution in [0.4, 0.5) is 10.1 Å². The van der Waals surface area contributed by atoms with E-state index in [9.17, 15) is 4.39 Å². The number of anilines is 1. The van der Waals surface area contributed by atoms with Crippen molar-refractivity contribution in [3.05, 3.63) is 65.2 Å². The smallest absolute Gasteiger partial charge is 0.126 e. The number of pyridine rings is 1. The van der Waals surface area contributed by atoms with Crippen LogP contribution in [-0.4, -0.2) is 35.1 Å². The van der Waals surface area contributed by atoms with Crippen molar-refractivity contribution in [3.8, 4) is 0 Å². The molecule has 5 nitrogen and oxygen atoms in total. The number of rotatable bonds is 2. The van der Waals surface area contributed by atoms with Crippen LogP contribution in [0.3, 0.4) is 0 Å². The molecule has 1 aliphatic heterocycles. The Morgan fingerprint density at radius 3 is 2.76 bits per heavy atom. The molecule has 1 aromatic carbocycles. The number of benzene rings is 1. The number of nitrogens with one attached hydrogen (secondary N) is 2. The predicted molar refractivity (Wildman–Crippen MR) is 115 cm³/mol. The molecule has 0 bridgehead atoms. The third-order valence-electron chi connectivity index (χ3n) is 5.70. The summed E-state index contributed by atoms with van der Waals surface area (Å²) in [6.45, 7) is 3.35. The van der Waals surface area contributed by atoms with Crippen LogP contribution in [-0.2, 0) is 6.54 Å². The highest BCUT2D eigenvalue weighted by Gasteiger charge is 2.30. The second kappa shape index (κ2) is 7.87. The van der Waals surface area contributed by atoms with Crippen LogP contribution in [0.25, 0.3) is 5.57 Å². The molecule has 1 atom stereocenters. The van der Waals surface area contributed by atoms with E-state index in [4.69, 9.17) is 10.8 Å². The molecule has 0 fully saturated rings. The highest BCUT2D eigenvalue weighted by molar-refractivity contribution is 6.19. The fraction of sp³-hybridized carbons (Fsp3) is 0.348. The van der Waals surface area contributed by atoms with Crippen molar-refractivity contribution >= 4 is 22.9 Å². The Morgan fingerprint density at radius 2 is 2.03 bits per heavy atom. The molecule has 0 amide bonds. The molecule has 29 heavy (non-hydrogen) atoms. The number of allylic oxidation sites excluding steroid dienone is 2. The van der Waals surface area contributed by atoms with Gasteiger partial charge in [0.2, 0.25) is 0 Å². The number of aryl methyl sites for hydroxylation is 1. The van der Waals surface area contributed by atoms with Gasteiger partial charge in [-0.15, -0.1) is 0 Å². The van der Waals surface area contributed by atoms with Gasteiger partial charge in [-0.1, -0.05) is 23.8 Å². The Balaban J connectivity index is 1.59. The van der Waals surface area contributed by atoms with Crippen LogP contribution in [0, 0.1) is 29.5 Å². The second-order valence-corrected chi connectivity index (χ2v) is 8.03. The summed E-state index contributed by atoms with van der Waals surface area (Å²) in [5.74, 6) is 0.657. The largest absolute Gasteiger partial charge is 0.295 e. The van der Waals surface area contributed by atoms with Crippen LogP contribution in [0.1, 0.15) is 36.1 Å². The van der Waals surface area contributed by atoms with Crippen LogP contribution in [0.15, 0.2) is 42.6 Å². The summed E-state index contributed by atoms with van der Waals surface area (Å²) >= 11 is 0. The molecule has 1 aliphatic carbocycles. The van der Waals surface area contributed by atoms with Gasteiger partial charge >= 0.3 is 0 Å². The Labute approximate surface area is 170 Å². The van der Waals surface area contributed by atoms with Crippen LogP contribution in [0.5, 0.6) is 0 Å². The van der Waals surface area contributed by atoms with Crippen molar-refractivity contribution in [3.63, 3.8) is 0 Å². The Hall–Kier alpha value is -2.86. The van der Waals surface area contributed by atoms with Crippen LogP contribution < -0.4 is 4.90 Å². The molecule has 6 heteroatoms. The number of hydrogen-bond acceptors (Lipinski definition) is 4. The zero-order chi connectivity index (χ0) is 20.5. The van der Waals surface area contributed by atoms with Gasteiger partial charge in [-0.25, -0.2) is 4.39 Å². The number of fused-ring (bicyclic) bond motifs is 1. The van der Waals surface area contributed by atoms with E-state index in [1.807, 2.05) is 24.1 Å². The van der Waals surface area contributed by atoms with E-state index in [-0.39, 0.29) is 11.7 Å². The van der Waals surface area contributed by atoms with Crippen molar-refractivity contribution in [1.82, 2.24) is 9.88 Å². The monoisotopic (exact) mass is 391 g/mol. The molecular weight excluding hydrogens is 365 g/mol. The zero-order valence-corrected chi connectivity index (χ0v) is 16.9. The molecule has 0 saturated carbocycles. The van der Waals surface area contributed by atoms with Gasteiger partial charge in [0.1, 0.15) is 17.5 Å². The molecular formula is C23H26FN5. The molecule has 2 aromatic rings. The van der Waals surface area contributed by atoms with Gasteiger partial charge in [-0.05, 0) is 62.6 Å². The average Bonchev–Trinajstić information content (AvgIpc) is 2.81. The lowest BCUT2D eigenvalue weighted by Gasteiger charge is -2.32. The molecule has 2 aliphatic rings. The van der Waals surface area contributed by atoms with Gasteiger partial charge in [-0.2, -0.15) is 0 Å². The summed E-state index contributed by atoms with van der Waals surface area (Å²) in [4.78, 5) is 8.22. The van der Waals surface area contributed by atoms with Crippen molar-refractivity contribution in [1.29, 1.82) is 10.8 Å². The normalized spacial score (nSPS) is 20.1. The molecule has 1 aromatic heterocycles. The summed E-state index contributed by atoms with van der Waals surface area (Å²) in [5, 5.41) is 17.5. The minimum Gasteiger partial charge on any atom is -0.295 e. The first-order chi connectivity index (χ1) is 13.9. The molecule has 2 heterocycles. The number of halogens is 1. The standard InChI is InChI=1S/C23H26FN5/c1-15-3-8-21-18(11-15)13-28(2)14-22(25)29(21)23(26)17-6-4-16(5-7-17)20-12-19(24)9-10-27-20/h3-4,8-12,17,25-26H,5-7,13-14H2,1-2H3. The van der Waals surface area contributed by atoms with E-state index < -0.39 is 0 Å². The first-order valence-electron chi connectivity index (χ1n) is 9.97. The van der Waals surface area contributed by atoms with Crippen molar-refractivity contribution in [2.24, 2.45) is 5.92 Å². The number of aromatic nitrogens is 1. The van der Waals surface area contributed by atoms with Gasteiger partial charge in [0.25, 0.3) is 0 Å². The Morgan fingerprint density at radius 1 is 1.21 bits per heavy atom. The van der Waals surface area contributed by atoms with Gasteiger partial charge < -0.3 is 0 Å². The first kappa shape index (κ1) is 19.5. The molecule has 150 valence electrons. The zero-order valence-electron chi connectivity index (χ0n) is 16.9. The molecule has 1 unspecified atom stereocenters. The van der Waals surface area contributed by atoms with E-state index in [2.05, 4.69) is 29.0 Å². The maximum atomic E-state index is 13.5. The summed E-state index contributed by atoms with van der Waals surface area (Å²) < 4.78 is 13.5. The van der Waals surface area contributed by atoms with Crippen molar-refractivity contribution in [2.45, 2.75) is 32.7 Å². The highest BCUT2D eigenvalue weighted by Crippen LogP contribution is 2.34. The lowest BCUT2D eigenvalue weighted by Crippen LogP contribution is -2.43. The van der Waals surface area contributed by atoms with Crippen LogP contribution in [0.2, 0.25) is 0 Å². The second-order valence-electron chi connectivity index (χ2n) is 8.03. The minimum absolute atomic E-state index is 0.0326. The SMILES string of the molecule is Cc1ccc2c(c1)CN(C)CC(=N)N2C(=N)C1CC=C(c2cc(F)ccn2)CC1. The number of hydrogen-bond donors (Lipinski definition) is 2. The van der Waals surface area contributed by atoms with Crippen LogP contribution >= 0.6 is 0 Å². The van der Waals surface area contributed by atoms with E-state index in [1.54, 1.807) is 0 Å². The summed E-state index contributed by atoms with van der Waals surface area (Å²) in [6, 6.07) is 9.06. The number of likely N-dealkylation sites (N-methyl/N-ethyl adjacent to an activating group) is 1. The van der Waals surface area contributed by atoms with Gasteiger partial charge in [-0.3, -0.25) is 25.6 Å². The minimum atomic E-state index is -0.278. The molecule has 0 spiro atoms. The van der Waals surface area contributed by atoms with E-state index in [0.717, 1.165) is 36.2 Å². The lowest BCUT2D eigenvalue weighted by atomic mass is 9.86. The predicted octanol–water partition coefficient (Wildman–Crippen LogP) is 4.62. The lowest BCUT2D eigenvalue weighted by molar-refractivity contribution is 0.376.